The highest BCUT2D eigenvalue weighted by molar-refractivity contribution is 7.15. The SMILES string of the molecule is COc1ccc(CNC(=O)/C=C/c2c(Cl)nc3sccn23)cc1OC. The van der Waals surface area contributed by atoms with Gasteiger partial charge in [-0.3, -0.25) is 9.20 Å². The van der Waals surface area contributed by atoms with Crippen molar-refractivity contribution in [3.8, 4) is 11.5 Å². The summed E-state index contributed by atoms with van der Waals surface area (Å²) in [6, 6.07) is 5.50. The van der Waals surface area contributed by atoms with Crippen LogP contribution >= 0.6 is 22.9 Å². The molecular weight excluding hydrogens is 362 g/mol. The number of hydrogen-bond acceptors (Lipinski definition) is 5. The first-order valence-corrected chi connectivity index (χ1v) is 8.66. The number of methoxy groups -OCH3 is 2. The number of hydrogen-bond donors (Lipinski definition) is 1. The Morgan fingerprint density at radius 3 is 2.92 bits per heavy atom. The zero-order valence-electron chi connectivity index (χ0n) is 13.7. The third-order valence-electron chi connectivity index (χ3n) is 3.56. The molecule has 0 aliphatic carbocycles. The van der Waals surface area contributed by atoms with Crippen LogP contribution in [-0.2, 0) is 11.3 Å². The van der Waals surface area contributed by atoms with E-state index < -0.39 is 0 Å². The monoisotopic (exact) mass is 377 g/mol. The van der Waals surface area contributed by atoms with E-state index in [1.54, 1.807) is 26.4 Å². The highest BCUT2D eigenvalue weighted by atomic mass is 35.5. The highest BCUT2D eigenvalue weighted by Gasteiger charge is 2.09. The molecule has 2 heterocycles. The number of nitrogens with one attached hydrogen (secondary N) is 1. The second-order valence-corrected chi connectivity index (χ2v) is 6.31. The van der Waals surface area contributed by atoms with Crippen molar-refractivity contribution in [3.05, 3.63) is 52.3 Å². The number of thiazole rings is 1. The third-order valence-corrected chi connectivity index (χ3v) is 4.60. The molecule has 3 aromatic rings. The second-order valence-electron chi connectivity index (χ2n) is 5.08. The number of rotatable bonds is 6. The van der Waals surface area contributed by atoms with E-state index in [1.807, 2.05) is 28.1 Å². The fourth-order valence-corrected chi connectivity index (χ4v) is 3.32. The number of amides is 1. The molecule has 0 atom stereocenters. The fraction of sp³-hybridized carbons (Fsp3) is 0.176. The van der Waals surface area contributed by atoms with Crippen LogP contribution in [0.25, 0.3) is 11.0 Å². The molecule has 130 valence electrons. The van der Waals surface area contributed by atoms with Gasteiger partial charge < -0.3 is 14.8 Å². The van der Waals surface area contributed by atoms with Crippen LogP contribution in [0.4, 0.5) is 0 Å². The van der Waals surface area contributed by atoms with Gasteiger partial charge >= 0.3 is 0 Å². The van der Waals surface area contributed by atoms with Gasteiger partial charge in [0.1, 0.15) is 0 Å². The quantitative estimate of drug-likeness (QED) is 0.669. The molecule has 0 saturated carbocycles. The van der Waals surface area contributed by atoms with Gasteiger partial charge in [-0.25, -0.2) is 4.98 Å². The van der Waals surface area contributed by atoms with Crippen molar-refractivity contribution >= 4 is 39.9 Å². The molecule has 0 saturated heterocycles. The van der Waals surface area contributed by atoms with E-state index >= 15 is 0 Å². The minimum absolute atomic E-state index is 0.226. The molecule has 25 heavy (non-hydrogen) atoms. The standard InChI is InChI=1S/C17H16ClN3O3S/c1-23-13-5-3-11(9-14(13)24-2)10-19-15(22)6-4-12-16(18)20-17-21(12)7-8-25-17/h3-9H,10H2,1-2H3,(H,19,22)/b6-4+. The predicted molar refractivity (Wildman–Crippen MR) is 98.5 cm³/mol. The number of carbonyl (C=O) groups excluding carboxylic acids is 1. The number of aromatic nitrogens is 2. The van der Waals surface area contributed by atoms with Crippen LogP contribution in [-0.4, -0.2) is 29.5 Å². The van der Waals surface area contributed by atoms with Gasteiger partial charge in [-0.1, -0.05) is 17.7 Å². The number of ether oxygens (including phenoxy) is 2. The topological polar surface area (TPSA) is 64.9 Å². The number of halogens is 1. The minimum atomic E-state index is -0.226. The first-order valence-electron chi connectivity index (χ1n) is 7.40. The summed E-state index contributed by atoms with van der Waals surface area (Å²) in [6.45, 7) is 0.373. The molecule has 8 heteroatoms. The number of carbonyl (C=O) groups is 1. The van der Waals surface area contributed by atoms with Gasteiger partial charge in [0.05, 0.1) is 19.9 Å². The van der Waals surface area contributed by atoms with Crippen molar-refractivity contribution in [3.63, 3.8) is 0 Å². The molecule has 0 aliphatic rings. The lowest BCUT2D eigenvalue weighted by atomic mass is 10.2. The molecule has 2 aromatic heterocycles. The Labute approximate surface area is 153 Å². The second kappa shape index (κ2) is 7.58. The van der Waals surface area contributed by atoms with Crippen LogP contribution in [0.1, 0.15) is 11.3 Å². The summed E-state index contributed by atoms with van der Waals surface area (Å²) in [4.78, 5) is 17.1. The maximum Gasteiger partial charge on any atom is 0.244 e. The van der Waals surface area contributed by atoms with Crippen molar-refractivity contribution in [1.29, 1.82) is 0 Å². The zero-order valence-corrected chi connectivity index (χ0v) is 15.2. The fourth-order valence-electron chi connectivity index (χ4n) is 2.32. The number of benzene rings is 1. The van der Waals surface area contributed by atoms with Crippen LogP contribution in [0.3, 0.4) is 0 Å². The van der Waals surface area contributed by atoms with Gasteiger partial charge in [0.15, 0.2) is 21.6 Å². The summed E-state index contributed by atoms with van der Waals surface area (Å²) in [7, 11) is 3.15. The van der Waals surface area contributed by atoms with Gasteiger partial charge in [-0.2, -0.15) is 0 Å². The summed E-state index contributed by atoms with van der Waals surface area (Å²) in [5, 5.41) is 5.10. The number of fused-ring (bicyclic) bond motifs is 1. The lowest BCUT2D eigenvalue weighted by Crippen LogP contribution is -2.20. The zero-order chi connectivity index (χ0) is 17.8. The van der Waals surface area contributed by atoms with Crippen LogP contribution < -0.4 is 14.8 Å². The lowest BCUT2D eigenvalue weighted by molar-refractivity contribution is -0.116. The molecule has 0 unspecified atom stereocenters. The molecule has 0 radical (unpaired) electrons. The maximum atomic E-state index is 12.1. The average Bonchev–Trinajstić information content (AvgIpc) is 3.18. The molecule has 0 bridgehead atoms. The van der Waals surface area contributed by atoms with E-state index in [0.29, 0.717) is 28.9 Å². The number of nitrogens with zero attached hydrogens (tertiary/aromatic N) is 2. The Hall–Kier alpha value is -2.51. The molecule has 1 N–H and O–H groups in total. The van der Waals surface area contributed by atoms with Crippen molar-refractivity contribution in [2.75, 3.05) is 14.2 Å². The summed E-state index contributed by atoms with van der Waals surface area (Å²) < 4.78 is 12.3. The number of imidazole rings is 1. The molecular formula is C17H16ClN3O3S. The van der Waals surface area contributed by atoms with Crippen LogP contribution in [0.5, 0.6) is 11.5 Å². The van der Waals surface area contributed by atoms with E-state index in [9.17, 15) is 4.79 Å². The molecule has 3 rings (SSSR count). The molecule has 0 aliphatic heterocycles. The van der Waals surface area contributed by atoms with Crippen LogP contribution in [0.15, 0.2) is 35.9 Å². The third kappa shape index (κ3) is 3.78. The van der Waals surface area contributed by atoms with Gasteiger partial charge in [-0.05, 0) is 23.8 Å². The van der Waals surface area contributed by atoms with E-state index in [0.717, 1.165) is 10.5 Å². The van der Waals surface area contributed by atoms with Gasteiger partial charge in [0.2, 0.25) is 5.91 Å². The van der Waals surface area contributed by atoms with Crippen molar-refractivity contribution < 1.29 is 14.3 Å². The van der Waals surface area contributed by atoms with E-state index in [-0.39, 0.29) is 5.91 Å². The molecule has 1 aromatic carbocycles. The van der Waals surface area contributed by atoms with E-state index in [4.69, 9.17) is 21.1 Å². The Kier molecular flexibility index (Phi) is 5.25. The summed E-state index contributed by atoms with van der Waals surface area (Å²) in [5.41, 5.74) is 1.58. The Bertz CT molecular complexity index is 933. The van der Waals surface area contributed by atoms with Gasteiger partial charge in [0, 0.05) is 24.2 Å². The lowest BCUT2D eigenvalue weighted by Gasteiger charge is -2.09. The largest absolute Gasteiger partial charge is 0.493 e. The summed E-state index contributed by atoms with van der Waals surface area (Å²) in [5.74, 6) is 1.04. The Balaban J connectivity index is 1.65. The smallest absolute Gasteiger partial charge is 0.244 e. The molecule has 0 spiro atoms. The van der Waals surface area contributed by atoms with Gasteiger partial charge in [0.25, 0.3) is 0 Å². The van der Waals surface area contributed by atoms with Gasteiger partial charge in [-0.15, -0.1) is 11.3 Å². The van der Waals surface area contributed by atoms with E-state index in [1.165, 1.54) is 17.4 Å². The van der Waals surface area contributed by atoms with Crippen molar-refractivity contribution in [2.45, 2.75) is 6.54 Å². The predicted octanol–water partition coefficient (Wildman–Crippen LogP) is 3.40. The van der Waals surface area contributed by atoms with Crippen LogP contribution in [0, 0.1) is 0 Å². The molecule has 6 nitrogen and oxygen atoms in total. The summed E-state index contributed by atoms with van der Waals surface area (Å²) in [6.07, 6.45) is 4.95. The first-order chi connectivity index (χ1) is 12.1. The molecule has 1 amide bonds. The summed E-state index contributed by atoms with van der Waals surface area (Å²) >= 11 is 7.57. The van der Waals surface area contributed by atoms with Crippen molar-refractivity contribution in [2.24, 2.45) is 0 Å². The maximum absolute atomic E-state index is 12.1. The highest BCUT2D eigenvalue weighted by Crippen LogP contribution is 2.27. The van der Waals surface area contributed by atoms with E-state index in [2.05, 4.69) is 10.3 Å². The van der Waals surface area contributed by atoms with Crippen molar-refractivity contribution in [1.82, 2.24) is 14.7 Å². The van der Waals surface area contributed by atoms with Crippen LogP contribution in [0.2, 0.25) is 5.15 Å². The Morgan fingerprint density at radius 1 is 1.36 bits per heavy atom. The average molecular weight is 378 g/mol. The minimum Gasteiger partial charge on any atom is -0.493 e. The Morgan fingerprint density at radius 2 is 2.16 bits per heavy atom. The first kappa shape index (κ1) is 17.3. The normalized spacial score (nSPS) is 11.2. The molecule has 0 fully saturated rings.